The minimum absolute atomic E-state index is 0.224. The molecule has 1 amide bonds. The van der Waals surface area contributed by atoms with Crippen molar-refractivity contribution in [1.82, 2.24) is 0 Å². The molecule has 2 rings (SSSR count). The molecule has 1 aromatic rings. The Labute approximate surface area is 97.2 Å². The van der Waals surface area contributed by atoms with Crippen LogP contribution in [0.1, 0.15) is 28.1 Å². The van der Waals surface area contributed by atoms with Gasteiger partial charge in [-0.05, 0) is 12.8 Å². The Morgan fingerprint density at radius 3 is 2.56 bits per heavy atom. The summed E-state index contributed by atoms with van der Waals surface area (Å²) in [7, 11) is 0. The third-order valence-electron chi connectivity index (χ3n) is 2.67. The van der Waals surface area contributed by atoms with E-state index in [4.69, 9.17) is 16.7 Å². The van der Waals surface area contributed by atoms with Gasteiger partial charge in [-0.2, -0.15) is 5.26 Å². The van der Waals surface area contributed by atoms with Gasteiger partial charge in [0.2, 0.25) is 0 Å². The van der Waals surface area contributed by atoms with Crippen LogP contribution in [0.15, 0.2) is 0 Å². The number of nitriles is 1. The number of nitrogens with zero attached hydrogens (tertiary/aromatic N) is 2. The van der Waals surface area contributed by atoms with Crippen LogP contribution in [-0.2, 0) is 0 Å². The van der Waals surface area contributed by atoms with E-state index in [0.717, 1.165) is 30.9 Å². The lowest BCUT2D eigenvalue weighted by Crippen LogP contribution is -2.21. The molecule has 0 unspecified atom stereocenters. The lowest BCUT2D eigenvalue weighted by molar-refractivity contribution is 0.100. The Bertz CT molecular complexity index is 468. The summed E-state index contributed by atoms with van der Waals surface area (Å²) in [6, 6.07) is 1.99. The molecule has 6 heteroatoms. The van der Waals surface area contributed by atoms with E-state index in [1.165, 1.54) is 11.3 Å². The van der Waals surface area contributed by atoms with Gasteiger partial charge in [-0.3, -0.25) is 4.79 Å². The van der Waals surface area contributed by atoms with Gasteiger partial charge in [-0.1, -0.05) is 0 Å². The summed E-state index contributed by atoms with van der Waals surface area (Å²) in [6.07, 6.45) is 2.19. The van der Waals surface area contributed by atoms with Crippen molar-refractivity contribution < 1.29 is 4.79 Å². The Balaban J connectivity index is 2.51. The van der Waals surface area contributed by atoms with Crippen LogP contribution in [0.25, 0.3) is 0 Å². The Hall–Kier alpha value is -1.74. The molecule has 1 saturated heterocycles. The second-order valence-corrected chi connectivity index (χ2v) is 4.69. The summed E-state index contributed by atoms with van der Waals surface area (Å²) < 4.78 is 0. The summed E-state index contributed by atoms with van der Waals surface area (Å²) in [5, 5.41) is 9.64. The van der Waals surface area contributed by atoms with Gasteiger partial charge in [-0.25, -0.2) is 0 Å². The van der Waals surface area contributed by atoms with Crippen LogP contribution in [-0.4, -0.2) is 19.0 Å². The van der Waals surface area contributed by atoms with E-state index >= 15 is 0 Å². The summed E-state index contributed by atoms with van der Waals surface area (Å²) >= 11 is 1.25. The first kappa shape index (κ1) is 10.8. The molecular formula is C10H12N4OS. The van der Waals surface area contributed by atoms with Crippen molar-refractivity contribution in [3.8, 4) is 6.07 Å². The van der Waals surface area contributed by atoms with E-state index in [-0.39, 0.29) is 5.69 Å². The number of carbonyl (C=O) groups excluding carboxylic acids is 1. The Morgan fingerprint density at radius 1 is 1.44 bits per heavy atom. The van der Waals surface area contributed by atoms with Crippen LogP contribution >= 0.6 is 11.3 Å². The zero-order chi connectivity index (χ0) is 11.7. The lowest BCUT2D eigenvalue weighted by Gasteiger charge is -2.16. The quantitative estimate of drug-likeness (QED) is 0.797. The molecule has 0 bridgehead atoms. The molecular weight excluding hydrogens is 224 g/mol. The molecule has 4 N–H and O–H groups in total. The van der Waals surface area contributed by atoms with E-state index < -0.39 is 5.91 Å². The van der Waals surface area contributed by atoms with Crippen molar-refractivity contribution in [3.05, 3.63) is 10.4 Å². The maximum absolute atomic E-state index is 11.3. The second-order valence-electron chi connectivity index (χ2n) is 3.70. The Kier molecular flexibility index (Phi) is 2.71. The maximum Gasteiger partial charge on any atom is 0.253 e. The van der Waals surface area contributed by atoms with Crippen molar-refractivity contribution >= 4 is 27.9 Å². The second kappa shape index (κ2) is 4.02. The van der Waals surface area contributed by atoms with Gasteiger partial charge in [0, 0.05) is 13.1 Å². The number of nitrogens with two attached hydrogens (primary N) is 2. The average Bonchev–Trinajstić information content (AvgIpc) is 2.83. The predicted molar refractivity (Wildman–Crippen MR) is 63.4 cm³/mol. The average molecular weight is 236 g/mol. The smallest absolute Gasteiger partial charge is 0.253 e. The van der Waals surface area contributed by atoms with E-state index in [2.05, 4.69) is 4.90 Å². The number of thiophene rings is 1. The minimum atomic E-state index is -0.558. The monoisotopic (exact) mass is 236 g/mol. The van der Waals surface area contributed by atoms with E-state index in [9.17, 15) is 4.79 Å². The molecule has 5 nitrogen and oxygen atoms in total. The predicted octanol–water partition coefficient (Wildman–Crippen LogP) is 0.901. The highest BCUT2D eigenvalue weighted by molar-refractivity contribution is 7.17. The van der Waals surface area contributed by atoms with E-state index in [0.29, 0.717) is 10.4 Å². The highest BCUT2D eigenvalue weighted by Crippen LogP contribution is 2.38. The van der Waals surface area contributed by atoms with Crippen molar-refractivity contribution in [2.24, 2.45) is 5.73 Å². The number of amides is 1. The van der Waals surface area contributed by atoms with Crippen LogP contribution in [0.2, 0.25) is 0 Å². The van der Waals surface area contributed by atoms with E-state index in [1.54, 1.807) is 0 Å². The SMILES string of the molecule is N#Cc1sc(N2CCCC2)c(C(N)=O)c1N. The van der Waals surface area contributed by atoms with Gasteiger partial charge in [0.15, 0.2) is 0 Å². The summed E-state index contributed by atoms with van der Waals surface area (Å²) in [6.45, 7) is 1.79. The first-order valence-electron chi connectivity index (χ1n) is 5.02. The highest BCUT2D eigenvalue weighted by Gasteiger charge is 2.25. The molecule has 0 aliphatic carbocycles. The van der Waals surface area contributed by atoms with Crippen LogP contribution in [0.3, 0.4) is 0 Å². The van der Waals surface area contributed by atoms with Crippen LogP contribution < -0.4 is 16.4 Å². The van der Waals surface area contributed by atoms with Crippen LogP contribution in [0, 0.1) is 11.3 Å². The molecule has 1 aliphatic rings. The van der Waals surface area contributed by atoms with Crippen molar-refractivity contribution in [3.63, 3.8) is 0 Å². The Morgan fingerprint density at radius 2 is 2.06 bits per heavy atom. The van der Waals surface area contributed by atoms with Crippen molar-refractivity contribution in [2.45, 2.75) is 12.8 Å². The summed E-state index contributed by atoms with van der Waals surface area (Å²) in [5.41, 5.74) is 11.6. The maximum atomic E-state index is 11.3. The zero-order valence-electron chi connectivity index (χ0n) is 8.69. The molecule has 0 spiro atoms. The molecule has 0 radical (unpaired) electrons. The third kappa shape index (κ3) is 1.59. The minimum Gasteiger partial charge on any atom is -0.396 e. The summed E-state index contributed by atoms with van der Waals surface area (Å²) in [4.78, 5) is 13.8. The lowest BCUT2D eigenvalue weighted by atomic mass is 10.2. The first-order chi connectivity index (χ1) is 7.65. The number of anilines is 2. The number of nitrogen functional groups attached to an aromatic ring is 1. The summed E-state index contributed by atoms with van der Waals surface area (Å²) in [5.74, 6) is -0.558. The number of hydrogen-bond acceptors (Lipinski definition) is 5. The van der Waals surface area contributed by atoms with Crippen molar-refractivity contribution in [1.29, 1.82) is 5.26 Å². The number of hydrogen-bond donors (Lipinski definition) is 2. The van der Waals surface area contributed by atoms with Crippen LogP contribution in [0.5, 0.6) is 0 Å². The molecule has 2 heterocycles. The van der Waals surface area contributed by atoms with Gasteiger partial charge in [-0.15, -0.1) is 11.3 Å². The fraction of sp³-hybridized carbons (Fsp3) is 0.400. The van der Waals surface area contributed by atoms with Gasteiger partial charge >= 0.3 is 0 Å². The van der Waals surface area contributed by atoms with Crippen LogP contribution in [0.4, 0.5) is 10.7 Å². The topological polar surface area (TPSA) is 96.1 Å². The van der Waals surface area contributed by atoms with Crippen molar-refractivity contribution in [2.75, 3.05) is 23.7 Å². The first-order valence-corrected chi connectivity index (χ1v) is 5.84. The molecule has 0 aromatic carbocycles. The standard InChI is InChI=1S/C10H12N4OS/c11-5-6-8(12)7(9(13)15)10(16-6)14-3-1-2-4-14/h1-4,12H2,(H2,13,15). The van der Waals surface area contributed by atoms with Gasteiger partial charge < -0.3 is 16.4 Å². The zero-order valence-corrected chi connectivity index (χ0v) is 9.51. The van der Waals surface area contributed by atoms with Gasteiger partial charge in [0.25, 0.3) is 5.91 Å². The molecule has 1 fully saturated rings. The van der Waals surface area contributed by atoms with Gasteiger partial charge in [0.05, 0.1) is 11.3 Å². The molecule has 1 aromatic heterocycles. The van der Waals surface area contributed by atoms with E-state index in [1.807, 2.05) is 6.07 Å². The van der Waals surface area contributed by atoms with Gasteiger partial charge in [0.1, 0.15) is 15.9 Å². The normalized spacial score (nSPS) is 15.1. The molecule has 0 atom stereocenters. The number of carbonyl (C=O) groups is 1. The largest absolute Gasteiger partial charge is 0.396 e. The number of rotatable bonds is 2. The molecule has 84 valence electrons. The molecule has 16 heavy (non-hydrogen) atoms. The fourth-order valence-electron chi connectivity index (χ4n) is 1.90. The number of primary amides is 1. The fourth-order valence-corrected chi connectivity index (χ4v) is 2.97. The third-order valence-corrected chi connectivity index (χ3v) is 3.84. The highest BCUT2D eigenvalue weighted by atomic mass is 32.1. The molecule has 0 saturated carbocycles. The molecule has 1 aliphatic heterocycles.